The molecule has 1 aromatic carbocycles. The summed E-state index contributed by atoms with van der Waals surface area (Å²) in [4.78, 5) is 2.47. The van der Waals surface area contributed by atoms with E-state index in [0.717, 1.165) is 25.7 Å². The maximum atomic E-state index is 3.59. The molecule has 0 radical (unpaired) electrons. The summed E-state index contributed by atoms with van der Waals surface area (Å²) in [6.45, 7) is 12.3. The van der Waals surface area contributed by atoms with E-state index >= 15 is 0 Å². The van der Waals surface area contributed by atoms with Crippen LogP contribution in [0.25, 0.3) is 0 Å². The Kier molecular flexibility index (Phi) is 4.87. The van der Waals surface area contributed by atoms with Crippen molar-refractivity contribution in [1.82, 2.24) is 5.32 Å². The van der Waals surface area contributed by atoms with Gasteiger partial charge in [-0.2, -0.15) is 0 Å². The maximum absolute atomic E-state index is 3.59. The summed E-state index contributed by atoms with van der Waals surface area (Å²) in [6.07, 6.45) is 2.71. The molecule has 1 saturated carbocycles. The Hall–Kier alpha value is -1.02. The van der Waals surface area contributed by atoms with E-state index in [0.29, 0.717) is 5.92 Å². The second-order valence-corrected chi connectivity index (χ2v) is 6.20. The molecule has 0 unspecified atom stereocenters. The molecule has 0 bridgehead atoms. The molecule has 19 heavy (non-hydrogen) atoms. The van der Waals surface area contributed by atoms with E-state index in [1.165, 1.54) is 29.7 Å². The number of benzene rings is 1. The first kappa shape index (κ1) is 14.4. The SMILES string of the molecule is CCN(CC(C)C)c1ccc(CNC2CC2)c(C)c1. The van der Waals surface area contributed by atoms with Crippen LogP contribution in [-0.2, 0) is 6.54 Å². The molecule has 1 fully saturated rings. The van der Waals surface area contributed by atoms with Crippen molar-refractivity contribution in [3.05, 3.63) is 29.3 Å². The van der Waals surface area contributed by atoms with E-state index in [-0.39, 0.29) is 0 Å². The Morgan fingerprint density at radius 2 is 2.05 bits per heavy atom. The third-order valence-corrected chi connectivity index (χ3v) is 3.82. The smallest absolute Gasteiger partial charge is 0.0369 e. The second-order valence-electron chi connectivity index (χ2n) is 6.20. The molecule has 2 rings (SSSR count). The minimum absolute atomic E-state index is 0.705. The quantitative estimate of drug-likeness (QED) is 0.803. The molecule has 0 heterocycles. The summed E-state index contributed by atoms with van der Waals surface area (Å²) in [5, 5.41) is 3.59. The highest BCUT2D eigenvalue weighted by Crippen LogP contribution is 2.22. The predicted molar refractivity (Wildman–Crippen MR) is 83.8 cm³/mol. The number of nitrogens with zero attached hydrogens (tertiary/aromatic N) is 1. The second kappa shape index (κ2) is 6.42. The van der Waals surface area contributed by atoms with Crippen LogP contribution in [0.5, 0.6) is 0 Å². The van der Waals surface area contributed by atoms with Crippen LogP contribution in [0.3, 0.4) is 0 Å². The molecule has 0 aliphatic heterocycles. The van der Waals surface area contributed by atoms with Crippen molar-refractivity contribution >= 4 is 5.69 Å². The first-order valence-corrected chi connectivity index (χ1v) is 7.68. The van der Waals surface area contributed by atoms with Gasteiger partial charge in [-0.05, 0) is 55.9 Å². The van der Waals surface area contributed by atoms with Crippen molar-refractivity contribution in [2.75, 3.05) is 18.0 Å². The van der Waals surface area contributed by atoms with Gasteiger partial charge in [-0.1, -0.05) is 19.9 Å². The Bertz CT molecular complexity index is 408. The average molecular weight is 260 g/mol. The highest BCUT2D eigenvalue weighted by Gasteiger charge is 2.20. The zero-order valence-electron chi connectivity index (χ0n) is 12.9. The molecule has 0 amide bonds. The van der Waals surface area contributed by atoms with Crippen LogP contribution in [0.15, 0.2) is 18.2 Å². The van der Waals surface area contributed by atoms with Crippen molar-refractivity contribution in [1.29, 1.82) is 0 Å². The van der Waals surface area contributed by atoms with Gasteiger partial charge in [0.15, 0.2) is 0 Å². The molecule has 1 N–H and O–H groups in total. The number of anilines is 1. The standard InChI is InChI=1S/C17H28N2/c1-5-19(12-13(2)3)17-9-6-15(14(4)10-17)11-18-16-7-8-16/h6,9-10,13,16,18H,5,7-8,11-12H2,1-4H3. The molecule has 106 valence electrons. The van der Waals surface area contributed by atoms with Crippen LogP contribution in [0.2, 0.25) is 0 Å². The van der Waals surface area contributed by atoms with Gasteiger partial charge in [0, 0.05) is 31.4 Å². The summed E-state index contributed by atoms with van der Waals surface area (Å²) in [5.41, 5.74) is 4.22. The fourth-order valence-electron chi connectivity index (χ4n) is 2.47. The van der Waals surface area contributed by atoms with Gasteiger partial charge in [0.1, 0.15) is 0 Å². The zero-order valence-corrected chi connectivity index (χ0v) is 12.9. The number of rotatable bonds is 7. The Morgan fingerprint density at radius 1 is 1.32 bits per heavy atom. The van der Waals surface area contributed by atoms with Crippen molar-refractivity contribution < 1.29 is 0 Å². The number of hydrogen-bond acceptors (Lipinski definition) is 2. The van der Waals surface area contributed by atoms with Gasteiger partial charge in [0.2, 0.25) is 0 Å². The van der Waals surface area contributed by atoms with E-state index in [1.807, 2.05) is 0 Å². The minimum Gasteiger partial charge on any atom is -0.372 e. The van der Waals surface area contributed by atoms with E-state index in [9.17, 15) is 0 Å². The van der Waals surface area contributed by atoms with E-state index in [2.05, 4.69) is 56.1 Å². The van der Waals surface area contributed by atoms with Gasteiger partial charge in [0.05, 0.1) is 0 Å². The number of nitrogens with one attached hydrogen (secondary N) is 1. The molecule has 0 atom stereocenters. The first-order valence-electron chi connectivity index (χ1n) is 7.68. The molecular formula is C17H28N2. The fraction of sp³-hybridized carbons (Fsp3) is 0.647. The molecule has 0 saturated heterocycles. The van der Waals surface area contributed by atoms with E-state index < -0.39 is 0 Å². The zero-order chi connectivity index (χ0) is 13.8. The third-order valence-electron chi connectivity index (χ3n) is 3.82. The summed E-state index contributed by atoms with van der Waals surface area (Å²) >= 11 is 0. The van der Waals surface area contributed by atoms with E-state index in [1.54, 1.807) is 0 Å². The topological polar surface area (TPSA) is 15.3 Å². The summed E-state index contributed by atoms with van der Waals surface area (Å²) in [6, 6.07) is 7.70. The average Bonchev–Trinajstić information content (AvgIpc) is 3.18. The van der Waals surface area contributed by atoms with Crippen molar-refractivity contribution in [3.63, 3.8) is 0 Å². The van der Waals surface area contributed by atoms with Crippen molar-refractivity contribution in [2.45, 2.75) is 53.1 Å². The largest absolute Gasteiger partial charge is 0.372 e. The summed E-state index contributed by atoms with van der Waals surface area (Å²) in [7, 11) is 0. The lowest BCUT2D eigenvalue weighted by atomic mass is 10.1. The van der Waals surface area contributed by atoms with Crippen molar-refractivity contribution in [2.24, 2.45) is 5.92 Å². The van der Waals surface area contributed by atoms with Crippen LogP contribution >= 0.6 is 0 Å². The van der Waals surface area contributed by atoms with Crippen molar-refractivity contribution in [3.8, 4) is 0 Å². The van der Waals surface area contributed by atoms with Crippen LogP contribution < -0.4 is 10.2 Å². The van der Waals surface area contributed by atoms with E-state index in [4.69, 9.17) is 0 Å². The molecular weight excluding hydrogens is 232 g/mol. The van der Waals surface area contributed by atoms with Gasteiger partial charge in [-0.25, -0.2) is 0 Å². The monoisotopic (exact) mass is 260 g/mol. The highest BCUT2D eigenvalue weighted by molar-refractivity contribution is 5.50. The van der Waals surface area contributed by atoms with Crippen LogP contribution in [-0.4, -0.2) is 19.1 Å². The number of aryl methyl sites for hydroxylation is 1. The lowest BCUT2D eigenvalue weighted by molar-refractivity contribution is 0.618. The number of hydrogen-bond donors (Lipinski definition) is 1. The van der Waals surface area contributed by atoms with Gasteiger partial charge < -0.3 is 10.2 Å². The Labute approximate surface area is 118 Å². The highest BCUT2D eigenvalue weighted by atomic mass is 15.1. The minimum atomic E-state index is 0.705. The Morgan fingerprint density at radius 3 is 2.58 bits per heavy atom. The summed E-state index contributed by atoms with van der Waals surface area (Å²) < 4.78 is 0. The molecule has 2 nitrogen and oxygen atoms in total. The molecule has 1 aromatic rings. The van der Waals surface area contributed by atoms with Gasteiger partial charge in [0.25, 0.3) is 0 Å². The first-order chi connectivity index (χ1) is 9.10. The lowest BCUT2D eigenvalue weighted by Gasteiger charge is -2.26. The predicted octanol–water partition coefficient (Wildman–Crippen LogP) is 3.73. The molecule has 0 aromatic heterocycles. The van der Waals surface area contributed by atoms with Crippen LogP contribution in [0.4, 0.5) is 5.69 Å². The van der Waals surface area contributed by atoms with Gasteiger partial charge in [-0.15, -0.1) is 0 Å². The Balaban J connectivity index is 2.02. The third kappa shape index (κ3) is 4.24. The normalized spacial score (nSPS) is 15.0. The molecule has 1 aliphatic carbocycles. The lowest BCUT2D eigenvalue weighted by Crippen LogP contribution is -2.27. The molecule has 1 aliphatic rings. The molecule has 2 heteroatoms. The summed E-state index contributed by atoms with van der Waals surface area (Å²) in [5.74, 6) is 0.705. The maximum Gasteiger partial charge on any atom is 0.0369 e. The van der Waals surface area contributed by atoms with Gasteiger partial charge >= 0.3 is 0 Å². The van der Waals surface area contributed by atoms with Crippen LogP contribution in [0, 0.1) is 12.8 Å². The van der Waals surface area contributed by atoms with Crippen LogP contribution in [0.1, 0.15) is 44.7 Å². The molecule has 0 spiro atoms. The fourth-order valence-corrected chi connectivity index (χ4v) is 2.47. The van der Waals surface area contributed by atoms with Gasteiger partial charge in [-0.3, -0.25) is 0 Å².